The van der Waals surface area contributed by atoms with Crippen LogP contribution < -0.4 is 5.32 Å². The third-order valence-electron chi connectivity index (χ3n) is 2.61. The Kier molecular flexibility index (Phi) is 4.41. The van der Waals surface area contributed by atoms with Gasteiger partial charge in [-0.3, -0.25) is 9.69 Å². The summed E-state index contributed by atoms with van der Waals surface area (Å²) in [5.74, 6) is 0.122. The number of hydrogen-bond acceptors (Lipinski definition) is 3. The van der Waals surface area contributed by atoms with E-state index in [0.717, 1.165) is 32.5 Å². The molecule has 1 aliphatic heterocycles. The molecule has 4 nitrogen and oxygen atoms in total. The lowest BCUT2D eigenvalue weighted by atomic mass is 10.1. The number of nitrogens with one attached hydrogen (secondary N) is 1. The summed E-state index contributed by atoms with van der Waals surface area (Å²) in [5.41, 5.74) is 0. The molecule has 0 bridgehead atoms. The third-order valence-corrected chi connectivity index (χ3v) is 2.61. The molecule has 0 spiro atoms. The van der Waals surface area contributed by atoms with Gasteiger partial charge in [-0.15, -0.1) is 0 Å². The van der Waals surface area contributed by atoms with Crippen LogP contribution in [0.5, 0.6) is 0 Å². The van der Waals surface area contributed by atoms with Crippen LogP contribution in [0.25, 0.3) is 0 Å². The zero-order valence-electron chi connectivity index (χ0n) is 8.62. The van der Waals surface area contributed by atoms with Crippen molar-refractivity contribution < 1.29 is 4.79 Å². The van der Waals surface area contributed by atoms with Gasteiger partial charge in [0.15, 0.2) is 0 Å². The van der Waals surface area contributed by atoms with Gasteiger partial charge in [0.05, 0.1) is 12.1 Å². The molecule has 4 heteroatoms. The van der Waals surface area contributed by atoms with Crippen LogP contribution in [0.1, 0.15) is 26.2 Å². The molecule has 0 aromatic heterocycles. The Morgan fingerprint density at radius 1 is 1.64 bits per heavy atom. The van der Waals surface area contributed by atoms with Gasteiger partial charge in [0.1, 0.15) is 0 Å². The maximum Gasteiger partial charge on any atom is 0.237 e. The average Bonchev–Trinajstić information content (AvgIpc) is 2.19. The minimum absolute atomic E-state index is 0.00849. The van der Waals surface area contributed by atoms with E-state index in [4.69, 9.17) is 5.26 Å². The van der Waals surface area contributed by atoms with Crippen molar-refractivity contribution in [2.45, 2.75) is 32.2 Å². The van der Waals surface area contributed by atoms with Crippen molar-refractivity contribution in [1.29, 1.82) is 5.26 Å². The molecule has 0 aliphatic carbocycles. The average molecular weight is 195 g/mol. The van der Waals surface area contributed by atoms with Crippen molar-refractivity contribution in [3.05, 3.63) is 0 Å². The molecule has 0 aromatic carbocycles. The Morgan fingerprint density at radius 3 is 3.14 bits per heavy atom. The second-order valence-electron chi connectivity index (χ2n) is 3.62. The Morgan fingerprint density at radius 2 is 2.43 bits per heavy atom. The molecular weight excluding hydrogens is 178 g/mol. The van der Waals surface area contributed by atoms with Crippen LogP contribution in [0.3, 0.4) is 0 Å². The van der Waals surface area contributed by atoms with E-state index < -0.39 is 0 Å². The Bertz CT molecular complexity index is 234. The summed E-state index contributed by atoms with van der Waals surface area (Å²) in [6, 6.07) is 2.12. The number of carbonyl (C=O) groups is 1. The summed E-state index contributed by atoms with van der Waals surface area (Å²) in [6.07, 6.45) is 2.56. The summed E-state index contributed by atoms with van der Waals surface area (Å²) in [6.45, 7) is 4.54. The molecule has 0 saturated carbocycles. The predicted octanol–water partition coefficient (Wildman–Crippen LogP) is 0.501. The van der Waals surface area contributed by atoms with Crippen molar-refractivity contribution in [1.82, 2.24) is 10.2 Å². The molecule has 1 saturated heterocycles. The molecule has 1 atom stereocenters. The smallest absolute Gasteiger partial charge is 0.237 e. The Balaban J connectivity index is 2.23. The highest BCUT2D eigenvalue weighted by molar-refractivity contribution is 5.81. The maximum atomic E-state index is 11.3. The molecule has 1 unspecified atom stereocenters. The van der Waals surface area contributed by atoms with Gasteiger partial charge in [-0.25, -0.2) is 0 Å². The monoisotopic (exact) mass is 195 g/mol. The van der Waals surface area contributed by atoms with E-state index in [0.29, 0.717) is 6.42 Å². The Hall–Kier alpha value is -1.08. The van der Waals surface area contributed by atoms with E-state index in [1.54, 1.807) is 0 Å². The largest absolute Gasteiger partial charge is 0.353 e. The van der Waals surface area contributed by atoms with Crippen LogP contribution in [0, 0.1) is 11.3 Å². The van der Waals surface area contributed by atoms with Gasteiger partial charge in [-0.1, -0.05) is 0 Å². The number of amides is 1. The van der Waals surface area contributed by atoms with Gasteiger partial charge in [0.25, 0.3) is 0 Å². The first-order valence-electron chi connectivity index (χ1n) is 5.14. The van der Waals surface area contributed by atoms with Gasteiger partial charge in [0.2, 0.25) is 5.91 Å². The SMILES string of the molecule is CC1C(=O)NCCN1CCCCC#N. The first-order chi connectivity index (χ1) is 6.75. The summed E-state index contributed by atoms with van der Waals surface area (Å²) in [7, 11) is 0. The lowest BCUT2D eigenvalue weighted by molar-refractivity contribution is -0.128. The van der Waals surface area contributed by atoms with Crippen molar-refractivity contribution in [3.63, 3.8) is 0 Å². The van der Waals surface area contributed by atoms with Gasteiger partial charge in [-0.05, 0) is 26.3 Å². The molecule has 1 fully saturated rings. The van der Waals surface area contributed by atoms with E-state index in [1.165, 1.54) is 0 Å². The summed E-state index contributed by atoms with van der Waals surface area (Å²) < 4.78 is 0. The van der Waals surface area contributed by atoms with E-state index in [2.05, 4.69) is 16.3 Å². The van der Waals surface area contributed by atoms with Crippen molar-refractivity contribution >= 4 is 5.91 Å². The summed E-state index contributed by atoms with van der Waals surface area (Å²) in [4.78, 5) is 13.5. The molecule has 1 rings (SSSR count). The fourth-order valence-electron chi connectivity index (χ4n) is 1.65. The fraction of sp³-hybridized carbons (Fsp3) is 0.800. The number of rotatable bonds is 4. The molecule has 1 aliphatic rings. The van der Waals surface area contributed by atoms with E-state index in [1.807, 2.05) is 6.92 Å². The molecule has 0 aromatic rings. The zero-order valence-corrected chi connectivity index (χ0v) is 8.62. The number of hydrogen-bond donors (Lipinski definition) is 1. The van der Waals surface area contributed by atoms with E-state index in [9.17, 15) is 4.79 Å². The van der Waals surface area contributed by atoms with Crippen LogP contribution in [-0.4, -0.2) is 36.5 Å². The first kappa shape index (κ1) is 11.0. The van der Waals surface area contributed by atoms with Gasteiger partial charge < -0.3 is 5.32 Å². The number of unbranched alkanes of at least 4 members (excludes halogenated alkanes) is 2. The Labute approximate surface area is 84.9 Å². The molecule has 1 N–H and O–H groups in total. The number of nitriles is 1. The maximum absolute atomic E-state index is 11.3. The van der Waals surface area contributed by atoms with Crippen molar-refractivity contribution in [2.24, 2.45) is 0 Å². The summed E-state index contributed by atoms with van der Waals surface area (Å²) >= 11 is 0. The molecule has 14 heavy (non-hydrogen) atoms. The minimum atomic E-state index is -0.00849. The second kappa shape index (κ2) is 5.61. The molecular formula is C10H17N3O. The van der Waals surface area contributed by atoms with Crippen LogP contribution in [-0.2, 0) is 4.79 Å². The van der Waals surface area contributed by atoms with Crippen LogP contribution in [0.15, 0.2) is 0 Å². The van der Waals surface area contributed by atoms with Crippen LogP contribution in [0.2, 0.25) is 0 Å². The number of piperazine rings is 1. The topological polar surface area (TPSA) is 56.1 Å². The molecule has 0 radical (unpaired) electrons. The van der Waals surface area contributed by atoms with E-state index in [-0.39, 0.29) is 11.9 Å². The van der Waals surface area contributed by atoms with Crippen molar-refractivity contribution in [3.8, 4) is 6.07 Å². The molecule has 1 heterocycles. The highest BCUT2D eigenvalue weighted by atomic mass is 16.2. The summed E-state index contributed by atoms with van der Waals surface area (Å²) in [5, 5.41) is 11.2. The lowest BCUT2D eigenvalue weighted by Crippen LogP contribution is -2.53. The molecule has 1 amide bonds. The zero-order chi connectivity index (χ0) is 10.4. The quantitative estimate of drug-likeness (QED) is 0.665. The van der Waals surface area contributed by atoms with Crippen LogP contribution in [0.4, 0.5) is 0 Å². The third kappa shape index (κ3) is 3.00. The van der Waals surface area contributed by atoms with Crippen LogP contribution >= 0.6 is 0 Å². The van der Waals surface area contributed by atoms with Gasteiger partial charge in [0, 0.05) is 19.5 Å². The highest BCUT2D eigenvalue weighted by Crippen LogP contribution is 2.06. The second-order valence-corrected chi connectivity index (χ2v) is 3.62. The standard InChI is InChI=1S/C10H17N3O/c1-9-10(14)12-6-8-13(9)7-4-2-3-5-11/h9H,2-4,6-8H2,1H3,(H,12,14). The van der Waals surface area contributed by atoms with E-state index >= 15 is 0 Å². The lowest BCUT2D eigenvalue weighted by Gasteiger charge is -2.32. The predicted molar refractivity (Wildman–Crippen MR) is 53.5 cm³/mol. The van der Waals surface area contributed by atoms with Gasteiger partial charge in [-0.2, -0.15) is 5.26 Å². The highest BCUT2D eigenvalue weighted by Gasteiger charge is 2.24. The normalized spacial score (nSPS) is 22.9. The van der Waals surface area contributed by atoms with Crippen molar-refractivity contribution in [2.75, 3.05) is 19.6 Å². The minimum Gasteiger partial charge on any atom is -0.353 e. The fourth-order valence-corrected chi connectivity index (χ4v) is 1.65. The van der Waals surface area contributed by atoms with Gasteiger partial charge >= 0.3 is 0 Å². The first-order valence-corrected chi connectivity index (χ1v) is 5.14. The molecule has 78 valence electrons. The number of nitrogens with zero attached hydrogens (tertiary/aromatic N) is 2. The number of carbonyl (C=O) groups excluding carboxylic acids is 1.